The van der Waals surface area contributed by atoms with Crippen LogP contribution in [0.4, 0.5) is 5.13 Å². The molecule has 2 aromatic rings. The fraction of sp³-hybridized carbons (Fsp3) is 0.462. The topological polar surface area (TPSA) is 37.4 Å². The van der Waals surface area contributed by atoms with Crippen molar-refractivity contribution in [1.29, 1.82) is 0 Å². The molecule has 1 aromatic heterocycles. The summed E-state index contributed by atoms with van der Waals surface area (Å²) in [6.07, 6.45) is 0. The summed E-state index contributed by atoms with van der Waals surface area (Å²) in [6, 6.07) is 5.77. The Balaban J connectivity index is 1.77. The van der Waals surface area contributed by atoms with Gasteiger partial charge in [-0.2, -0.15) is 0 Å². The van der Waals surface area contributed by atoms with E-state index in [0.717, 1.165) is 40.1 Å². The van der Waals surface area contributed by atoms with Gasteiger partial charge in [-0.1, -0.05) is 29.0 Å². The fourth-order valence-corrected chi connectivity index (χ4v) is 2.75. The first-order valence-corrected chi connectivity index (χ1v) is 7.37. The Morgan fingerprint density at radius 1 is 1.37 bits per heavy atom. The van der Waals surface area contributed by atoms with Gasteiger partial charge in [0, 0.05) is 13.1 Å². The highest BCUT2D eigenvalue weighted by atomic mass is 35.5. The van der Waals surface area contributed by atoms with E-state index in [1.54, 1.807) is 11.3 Å². The zero-order valence-corrected chi connectivity index (χ0v) is 12.7. The Bertz CT molecular complexity index is 530. The zero-order chi connectivity index (χ0) is 13.7. The summed E-state index contributed by atoms with van der Waals surface area (Å²) in [7, 11) is 4.07. The summed E-state index contributed by atoms with van der Waals surface area (Å²) >= 11 is 7.69. The third-order valence-electron chi connectivity index (χ3n) is 2.57. The van der Waals surface area contributed by atoms with Crippen molar-refractivity contribution in [2.75, 3.05) is 45.7 Å². The van der Waals surface area contributed by atoms with Crippen LogP contribution in [0.15, 0.2) is 18.2 Å². The normalized spacial score (nSPS) is 11.4. The number of aromatic nitrogens is 1. The first kappa shape index (κ1) is 14.5. The minimum atomic E-state index is 0.678. The molecule has 0 atom stereocenters. The Morgan fingerprint density at radius 2 is 2.21 bits per heavy atom. The van der Waals surface area contributed by atoms with Crippen LogP contribution in [0.2, 0.25) is 5.02 Å². The molecule has 0 bridgehead atoms. The Hall–Kier alpha value is -0.880. The summed E-state index contributed by atoms with van der Waals surface area (Å²) in [5.74, 6) is 0. The van der Waals surface area contributed by atoms with Gasteiger partial charge >= 0.3 is 0 Å². The summed E-state index contributed by atoms with van der Waals surface area (Å²) in [6.45, 7) is 3.12. The molecule has 0 fully saturated rings. The van der Waals surface area contributed by atoms with Gasteiger partial charge in [-0.05, 0) is 26.2 Å². The van der Waals surface area contributed by atoms with E-state index < -0.39 is 0 Å². The highest BCUT2D eigenvalue weighted by Crippen LogP contribution is 2.31. The number of nitrogens with zero attached hydrogens (tertiary/aromatic N) is 2. The summed E-state index contributed by atoms with van der Waals surface area (Å²) in [5.41, 5.74) is 0.938. The van der Waals surface area contributed by atoms with Gasteiger partial charge in [0.1, 0.15) is 0 Å². The molecule has 0 aliphatic carbocycles. The van der Waals surface area contributed by atoms with Crippen LogP contribution in [0.5, 0.6) is 0 Å². The van der Waals surface area contributed by atoms with Gasteiger partial charge in [-0.15, -0.1) is 0 Å². The SMILES string of the molecule is CN(C)CCOCCNc1nc2cccc(Cl)c2s1. The number of fused-ring (bicyclic) bond motifs is 1. The van der Waals surface area contributed by atoms with Gasteiger partial charge < -0.3 is 15.0 Å². The first-order valence-electron chi connectivity index (χ1n) is 6.18. The van der Waals surface area contributed by atoms with Crippen LogP contribution in [0.1, 0.15) is 0 Å². The van der Waals surface area contributed by atoms with Crippen molar-refractivity contribution >= 4 is 38.3 Å². The lowest BCUT2D eigenvalue weighted by atomic mass is 10.3. The van der Waals surface area contributed by atoms with Crippen molar-refractivity contribution < 1.29 is 4.74 Å². The molecule has 104 valence electrons. The number of halogens is 1. The molecule has 0 saturated heterocycles. The summed E-state index contributed by atoms with van der Waals surface area (Å²) in [4.78, 5) is 6.58. The Kier molecular flexibility index (Phi) is 5.39. The lowest BCUT2D eigenvalue weighted by Gasteiger charge is -2.09. The molecule has 19 heavy (non-hydrogen) atoms. The number of rotatable bonds is 7. The molecule has 6 heteroatoms. The van der Waals surface area contributed by atoms with Crippen molar-refractivity contribution in [1.82, 2.24) is 9.88 Å². The number of benzene rings is 1. The molecule has 1 heterocycles. The molecule has 1 aromatic carbocycles. The molecule has 0 aliphatic heterocycles. The summed E-state index contributed by atoms with van der Waals surface area (Å²) < 4.78 is 6.54. The molecule has 0 saturated carbocycles. The van der Waals surface area contributed by atoms with E-state index >= 15 is 0 Å². The van der Waals surface area contributed by atoms with Crippen molar-refractivity contribution in [3.8, 4) is 0 Å². The van der Waals surface area contributed by atoms with Gasteiger partial charge in [-0.3, -0.25) is 0 Å². The molecule has 1 N–H and O–H groups in total. The van der Waals surface area contributed by atoms with E-state index in [1.807, 2.05) is 32.3 Å². The van der Waals surface area contributed by atoms with Crippen molar-refractivity contribution in [2.45, 2.75) is 0 Å². The minimum absolute atomic E-state index is 0.678. The monoisotopic (exact) mass is 299 g/mol. The lowest BCUT2D eigenvalue weighted by Crippen LogP contribution is -2.19. The number of thiazole rings is 1. The van der Waals surface area contributed by atoms with Gasteiger partial charge in [0.25, 0.3) is 0 Å². The van der Waals surface area contributed by atoms with E-state index in [1.165, 1.54) is 0 Å². The number of hydrogen-bond donors (Lipinski definition) is 1. The third kappa shape index (κ3) is 4.31. The molecule has 0 unspecified atom stereocenters. The van der Waals surface area contributed by atoms with Crippen LogP contribution in [0.25, 0.3) is 10.2 Å². The molecule has 0 aliphatic rings. The van der Waals surface area contributed by atoms with Gasteiger partial charge in [0.05, 0.1) is 28.5 Å². The highest BCUT2D eigenvalue weighted by Gasteiger charge is 2.05. The molecular weight excluding hydrogens is 282 g/mol. The zero-order valence-electron chi connectivity index (χ0n) is 11.1. The largest absolute Gasteiger partial charge is 0.378 e. The maximum absolute atomic E-state index is 6.12. The minimum Gasteiger partial charge on any atom is -0.378 e. The van der Waals surface area contributed by atoms with Crippen molar-refractivity contribution in [2.24, 2.45) is 0 Å². The van der Waals surface area contributed by atoms with E-state index in [0.29, 0.717) is 6.61 Å². The summed E-state index contributed by atoms with van der Waals surface area (Å²) in [5, 5.41) is 4.90. The van der Waals surface area contributed by atoms with E-state index in [2.05, 4.69) is 15.2 Å². The van der Waals surface area contributed by atoms with E-state index in [-0.39, 0.29) is 0 Å². The molecule has 0 radical (unpaired) electrons. The number of hydrogen-bond acceptors (Lipinski definition) is 5. The molecule has 2 rings (SSSR count). The molecule has 0 amide bonds. The van der Waals surface area contributed by atoms with Crippen LogP contribution in [-0.2, 0) is 4.74 Å². The maximum atomic E-state index is 6.12. The van der Waals surface area contributed by atoms with Crippen molar-refractivity contribution in [3.63, 3.8) is 0 Å². The number of anilines is 1. The standard InChI is InChI=1S/C13H18ClN3OS/c1-17(2)7-9-18-8-6-15-13-16-11-5-3-4-10(14)12(11)19-13/h3-5H,6-9H2,1-2H3,(H,15,16). The third-order valence-corrected chi connectivity index (χ3v) is 4.06. The Labute approximate surface area is 122 Å². The second kappa shape index (κ2) is 7.05. The van der Waals surface area contributed by atoms with Gasteiger partial charge in [0.2, 0.25) is 0 Å². The van der Waals surface area contributed by atoms with E-state index in [9.17, 15) is 0 Å². The molecule has 4 nitrogen and oxygen atoms in total. The van der Waals surface area contributed by atoms with Crippen LogP contribution >= 0.6 is 22.9 Å². The number of ether oxygens (including phenoxy) is 1. The van der Waals surface area contributed by atoms with Gasteiger partial charge in [0.15, 0.2) is 5.13 Å². The predicted molar refractivity (Wildman–Crippen MR) is 82.5 cm³/mol. The van der Waals surface area contributed by atoms with Gasteiger partial charge in [-0.25, -0.2) is 4.98 Å². The first-order chi connectivity index (χ1) is 9.16. The second-order valence-electron chi connectivity index (χ2n) is 4.45. The highest BCUT2D eigenvalue weighted by molar-refractivity contribution is 7.22. The second-order valence-corrected chi connectivity index (χ2v) is 5.86. The van der Waals surface area contributed by atoms with Crippen molar-refractivity contribution in [3.05, 3.63) is 23.2 Å². The fourth-order valence-electron chi connectivity index (χ4n) is 1.57. The average Bonchev–Trinajstić information content (AvgIpc) is 2.78. The average molecular weight is 300 g/mol. The number of likely N-dealkylation sites (N-methyl/N-ethyl adjacent to an activating group) is 1. The van der Waals surface area contributed by atoms with Crippen LogP contribution in [-0.4, -0.2) is 50.3 Å². The molecule has 0 spiro atoms. The predicted octanol–water partition coefficient (Wildman–Crippen LogP) is 2.94. The smallest absolute Gasteiger partial charge is 0.183 e. The quantitative estimate of drug-likeness (QED) is 0.798. The van der Waals surface area contributed by atoms with E-state index in [4.69, 9.17) is 16.3 Å². The van der Waals surface area contributed by atoms with Crippen LogP contribution in [0.3, 0.4) is 0 Å². The van der Waals surface area contributed by atoms with Crippen LogP contribution in [0, 0.1) is 0 Å². The maximum Gasteiger partial charge on any atom is 0.183 e. The Morgan fingerprint density at radius 3 is 2.95 bits per heavy atom. The molecular formula is C13H18ClN3OS. The van der Waals surface area contributed by atoms with Crippen LogP contribution < -0.4 is 5.32 Å². The lowest BCUT2D eigenvalue weighted by molar-refractivity contribution is 0.126. The number of nitrogens with one attached hydrogen (secondary N) is 1.